The van der Waals surface area contributed by atoms with Crippen molar-refractivity contribution in [2.75, 3.05) is 11.9 Å². The molecule has 1 aliphatic carbocycles. The van der Waals surface area contributed by atoms with Gasteiger partial charge in [-0.15, -0.1) is 0 Å². The Labute approximate surface area is 110 Å². The van der Waals surface area contributed by atoms with E-state index < -0.39 is 0 Å². The molecule has 1 atom stereocenters. The number of hydrogen-bond acceptors (Lipinski definition) is 2. The van der Waals surface area contributed by atoms with Gasteiger partial charge in [-0.2, -0.15) is 0 Å². The Morgan fingerprint density at radius 2 is 2.28 bits per heavy atom. The third-order valence-electron chi connectivity index (χ3n) is 4.45. The summed E-state index contributed by atoms with van der Waals surface area (Å²) in [7, 11) is 0. The van der Waals surface area contributed by atoms with Gasteiger partial charge in [-0.3, -0.25) is 0 Å². The second-order valence-corrected chi connectivity index (χ2v) is 6.65. The van der Waals surface area contributed by atoms with Gasteiger partial charge in [0.05, 0.1) is 0 Å². The smallest absolute Gasteiger partial charge is 0.0376 e. The summed E-state index contributed by atoms with van der Waals surface area (Å²) < 4.78 is 0. The summed E-state index contributed by atoms with van der Waals surface area (Å²) in [6.45, 7) is 6.88. The fourth-order valence-electron chi connectivity index (χ4n) is 3.32. The van der Waals surface area contributed by atoms with Gasteiger partial charge in [-0.25, -0.2) is 0 Å². The summed E-state index contributed by atoms with van der Waals surface area (Å²) in [5, 5.41) is 7.17. The van der Waals surface area contributed by atoms with E-state index in [4.69, 9.17) is 0 Å². The first kappa shape index (κ1) is 12.0. The minimum absolute atomic E-state index is 0.539. The van der Waals surface area contributed by atoms with Crippen LogP contribution in [0.4, 0.5) is 5.69 Å². The predicted molar refractivity (Wildman–Crippen MR) is 76.9 cm³/mol. The molecule has 98 valence electrons. The van der Waals surface area contributed by atoms with Crippen LogP contribution in [0.3, 0.4) is 0 Å². The van der Waals surface area contributed by atoms with Crippen molar-refractivity contribution in [3.63, 3.8) is 0 Å². The molecule has 1 fully saturated rings. The second-order valence-electron chi connectivity index (χ2n) is 6.65. The lowest BCUT2D eigenvalue weighted by molar-refractivity contribution is 0.364. The molecule has 2 N–H and O–H groups in total. The zero-order chi connectivity index (χ0) is 12.6. The molecule has 1 aromatic carbocycles. The Balaban J connectivity index is 1.57. The average molecular weight is 244 g/mol. The van der Waals surface area contributed by atoms with E-state index in [2.05, 4.69) is 42.7 Å². The number of benzene rings is 1. The Morgan fingerprint density at radius 3 is 3.06 bits per heavy atom. The standard InChI is InChI=1S/C16H24N2/c1-16(2)7-5-14(10-16)18-11-12-3-4-13-6-8-17-15(13)9-12/h3-4,9,14,17-18H,5-8,10-11H2,1-2H3. The van der Waals surface area contributed by atoms with E-state index in [-0.39, 0.29) is 0 Å². The quantitative estimate of drug-likeness (QED) is 0.852. The first-order chi connectivity index (χ1) is 8.62. The van der Waals surface area contributed by atoms with Gasteiger partial charge < -0.3 is 10.6 Å². The molecule has 1 saturated carbocycles. The fourth-order valence-corrected chi connectivity index (χ4v) is 3.32. The first-order valence-electron chi connectivity index (χ1n) is 7.21. The molecule has 1 unspecified atom stereocenters. The zero-order valence-electron chi connectivity index (χ0n) is 11.6. The Bertz CT molecular complexity index is 437. The third kappa shape index (κ3) is 2.54. The molecular formula is C16H24N2. The van der Waals surface area contributed by atoms with Crippen molar-refractivity contribution in [2.45, 2.75) is 52.1 Å². The normalized spacial score (nSPS) is 24.9. The molecule has 1 aliphatic heterocycles. The molecule has 0 aromatic heterocycles. The van der Waals surface area contributed by atoms with Crippen LogP contribution in [0.25, 0.3) is 0 Å². The summed E-state index contributed by atoms with van der Waals surface area (Å²) >= 11 is 0. The molecule has 0 spiro atoms. The van der Waals surface area contributed by atoms with E-state index in [0.717, 1.165) is 13.1 Å². The summed E-state index contributed by atoms with van der Waals surface area (Å²) in [4.78, 5) is 0. The highest BCUT2D eigenvalue weighted by atomic mass is 14.9. The van der Waals surface area contributed by atoms with Crippen molar-refractivity contribution < 1.29 is 0 Å². The van der Waals surface area contributed by atoms with E-state index in [1.165, 1.54) is 42.5 Å². The number of hydrogen-bond donors (Lipinski definition) is 2. The molecule has 0 amide bonds. The van der Waals surface area contributed by atoms with Crippen molar-refractivity contribution >= 4 is 5.69 Å². The van der Waals surface area contributed by atoms with Gasteiger partial charge in [0, 0.05) is 24.8 Å². The van der Waals surface area contributed by atoms with Crippen LogP contribution in [-0.2, 0) is 13.0 Å². The van der Waals surface area contributed by atoms with Crippen LogP contribution in [0, 0.1) is 5.41 Å². The Kier molecular flexibility index (Phi) is 3.06. The van der Waals surface area contributed by atoms with E-state index in [0.29, 0.717) is 11.5 Å². The minimum Gasteiger partial charge on any atom is -0.384 e. The maximum atomic E-state index is 3.72. The Morgan fingerprint density at radius 1 is 1.39 bits per heavy atom. The highest BCUT2D eigenvalue weighted by Gasteiger charge is 2.30. The average Bonchev–Trinajstić information content (AvgIpc) is 2.92. The molecule has 0 saturated heterocycles. The van der Waals surface area contributed by atoms with Gasteiger partial charge in [-0.05, 0) is 48.3 Å². The highest BCUT2D eigenvalue weighted by molar-refractivity contribution is 5.56. The maximum Gasteiger partial charge on any atom is 0.0376 e. The molecule has 3 rings (SSSR count). The lowest BCUT2D eigenvalue weighted by Crippen LogP contribution is -2.26. The lowest BCUT2D eigenvalue weighted by atomic mass is 9.92. The van der Waals surface area contributed by atoms with Crippen molar-refractivity contribution in [1.82, 2.24) is 5.32 Å². The van der Waals surface area contributed by atoms with Crippen LogP contribution in [0.15, 0.2) is 18.2 Å². The lowest BCUT2D eigenvalue weighted by Gasteiger charge is -2.18. The summed E-state index contributed by atoms with van der Waals surface area (Å²) in [6.07, 6.45) is 5.18. The van der Waals surface area contributed by atoms with Crippen LogP contribution in [0.5, 0.6) is 0 Å². The molecular weight excluding hydrogens is 220 g/mol. The van der Waals surface area contributed by atoms with Crippen LogP contribution in [0.2, 0.25) is 0 Å². The van der Waals surface area contributed by atoms with Crippen LogP contribution in [-0.4, -0.2) is 12.6 Å². The SMILES string of the molecule is CC1(C)CCC(NCc2ccc3c(c2)NCC3)C1. The predicted octanol–water partition coefficient (Wildman–Crippen LogP) is 3.32. The maximum absolute atomic E-state index is 3.72. The molecule has 0 bridgehead atoms. The molecule has 0 radical (unpaired) electrons. The number of fused-ring (bicyclic) bond motifs is 1. The van der Waals surface area contributed by atoms with Crippen LogP contribution >= 0.6 is 0 Å². The number of anilines is 1. The van der Waals surface area contributed by atoms with Crippen LogP contribution < -0.4 is 10.6 Å². The molecule has 1 aromatic rings. The first-order valence-corrected chi connectivity index (χ1v) is 7.21. The van der Waals surface area contributed by atoms with Crippen molar-refractivity contribution in [3.8, 4) is 0 Å². The van der Waals surface area contributed by atoms with Crippen molar-refractivity contribution in [1.29, 1.82) is 0 Å². The largest absolute Gasteiger partial charge is 0.384 e. The second kappa shape index (κ2) is 4.58. The zero-order valence-corrected chi connectivity index (χ0v) is 11.6. The highest BCUT2D eigenvalue weighted by Crippen LogP contribution is 2.37. The van der Waals surface area contributed by atoms with Gasteiger partial charge >= 0.3 is 0 Å². The number of nitrogens with one attached hydrogen (secondary N) is 2. The van der Waals surface area contributed by atoms with Gasteiger partial charge in [0.1, 0.15) is 0 Å². The van der Waals surface area contributed by atoms with Gasteiger partial charge in [0.15, 0.2) is 0 Å². The molecule has 2 aliphatic rings. The van der Waals surface area contributed by atoms with Gasteiger partial charge in [0.2, 0.25) is 0 Å². The molecule has 2 heteroatoms. The van der Waals surface area contributed by atoms with Crippen LogP contribution in [0.1, 0.15) is 44.2 Å². The molecule has 2 nitrogen and oxygen atoms in total. The summed E-state index contributed by atoms with van der Waals surface area (Å²) in [6, 6.07) is 7.58. The topological polar surface area (TPSA) is 24.1 Å². The molecule has 1 heterocycles. The van der Waals surface area contributed by atoms with Gasteiger partial charge in [-0.1, -0.05) is 26.0 Å². The minimum atomic E-state index is 0.539. The third-order valence-corrected chi connectivity index (χ3v) is 4.45. The molecule has 18 heavy (non-hydrogen) atoms. The van der Waals surface area contributed by atoms with E-state index in [1.807, 2.05) is 0 Å². The van der Waals surface area contributed by atoms with Crippen molar-refractivity contribution in [3.05, 3.63) is 29.3 Å². The summed E-state index contributed by atoms with van der Waals surface area (Å²) in [5.41, 5.74) is 4.77. The fraction of sp³-hybridized carbons (Fsp3) is 0.625. The number of rotatable bonds is 3. The van der Waals surface area contributed by atoms with E-state index in [9.17, 15) is 0 Å². The van der Waals surface area contributed by atoms with Gasteiger partial charge in [0.25, 0.3) is 0 Å². The summed E-state index contributed by atoms with van der Waals surface area (Å²) in [5.74, 6) is 0. The van der Waals surface area contributed by atoms with Crippen molar-refractivity contribution in [2.24, 2.45) is 5.41 Å². The Hall–Kier alpha value is -1.02. The monoisotopic (exact) mass is 244 g/mol. The van der Waals surface area contributed by atoms with E-state index >= 15 is 0 Å². The van der Waals surface area contributed by atoms with E-state index in [1.54, 1.807) is 0 Å².